The van der Waals surface area contributed by atoms with E-state index in [2.05, 4.69) is 21.2 Å². The number of thioether (sulfide) groups is 1. The predicted octanol–water partition coefficient (Wildman–Crippen LogP) is 8.13. The molecule has 45 heavy (non-hydrogen) atoms. The van der Waals surface area contributed by atoms with Gasteiger partial charge in [-0.1, -0.05) is 45.7 Å². The first-order valence-electron chi connectivity index (χ1n) is 13.6. The molecule has 0 aliphatic rings. The van der Waals surface area contributed by atoms with Crippen LogP contribution in [0.1, 0.15) is 27.3 Å². The Morgan fingerprint density at radius 1 is 1.02 bits per heavy atom. The second-order valence-electron chi connectivity index (χ2n) is 9.85. The van der Waals surface area contributed by atoms with Crippen LogP contribution in [0.3, 0.4) is 0 Å². The molecule has 13 heteroatoms. The summed E-state index contributed by atoms with van der Waals surface area (Å²) in [4.78, 5) is 30.4. The summed E-state index contributed by atoms with van der Waals surface area (Å²) in [6, 6.07) is 24.2. The number of aromatic nitrogens is 1. The number of aryl methyl sites for hydroxylation is 1. The van der Waals surface area contributed by atoms with E-state index in [-0.39, 0.29) is 22.1 Å². The molecule has 0 aliphatic heterocycles. The molecule has 1 aromatic heterocycles. The van der Waals surface area contributed by atoms with Gasteiger partial charge in [-0.2, -0.15) is 0 Å². The molecule has 0 spiro atoms. The molecule has 0 saturated carbocycles. The quantitative estimate of drug-likeness (QED) is 0.116. The van der Waals surface area contributed by atoms with Crippen LogP contribution in [0.25, 0.3) is 10.2 Å². The molecular formula is C32H26BrClN2O6S3. The highest BCUT2D eigenvalue weighted by Crippen LogP contribution is 2.33. The zero-order chi connectivity index (χ0) is 32.0. The van der Waals surface area contributed by atoms with Gasteiger partial charge in [0.15, 0.2) is 16.4 Å². The van der Waals surface area contributed by atoms with Crippen molar-refractivity contribution in [2.24, 2.45) is 0 Å². The minimum absolute atomic E-state index is 0.0792. The lowest BCUT2D eigenvalue weighted by molar-refractivity contribution is -0.139. The van der Waals surface area contributed by atoms with Crippen LogP contribution in [-0.4, -0.2) is 42.7 Å². The second-order valence-corrected chi connectivity index (χ2v) is 15.4. The number of nitrogens with zero attached hydrogens (tertiary/aromatic N) is 1. The van der Waals surface area contributed by atoms with E-state index in [4.69, 9.17) is 26.4 Å². The zero-order valence-corrected chi connectivity index (χ0v) is 28.3. The zero-order valence-electron chi connectivity index (χ0n) is 23.5. The summed E-state index contributed by atoms with van der Waals surface area (Å²) in [5, 5.41) is 13.4. The van der Waals surface area contributed by atoms with Crippen LogP contribution in [0.2, 0.25) is 5.02 Å². The van der Waals surface area contributed by atoms with Gasteiger partial charge < -0.3 is 15.2 Å². The molecule has 0 fully saturated rings. The van der Waals surface area contributed by atoms with Gasteiger partial charge in [-0.05, 0) is 85.1 Å². The molecule has 2 N–H and O–H groups in total. The van der Waals surface area contributed by atoms with Gasteiger partial charge in [0, 0.05) is 14.4 Å². The van der Waals surface area contributed by atoms with E-state index in [1.54, 1.807) is 41.7 Å². The molecule has 0 aliphatic carbocycles. The third-order valence-electron chi connectivity index (χ3n) is 6.57. The summed E-state index contributed by atoms with van der Waals surface area (Å²) >= 11 is 12.5. The second kappa shape index (κ2) is 14.8. The first-order valence-corrected chi connectivity index (χ1v) is 18.2. The number of amides is 1. The van der Waals surface area contributed by atoms with Crippen LogP contribution in [0, 0.1) is 0 Å². The van der Waals surface area contributed by atoms with Crippen LogP contribution in [0.4, 0.5) is 5.69 Å². The molecule has 0 radical (unpaired) electrons. The van der Waals surface area contributed by atoms with Gasteiger partial charge in [-0.25, -0.2) is 18.2 Å². The molecule has 1 heterocycles. The molecule has 8 nitrogen and oxygen atoms in total. The standard InChI is InChI=1S/C32H26BrClN2O6S3/c33-21-8-14-29-26(17-21)35-30(44-29)19-43-28-6-2-1-5-24(28)32(39)36-25-16-20(7-13-27(25)42-18-31(37)38)4-3-15-45(40,41)23-11-9-22(34)10-12-23/h1-2,5-14,16-17H,3-4,15,18-19H2,(H,36,39)(H,37,38). The van der Waals surface area contributed by atoms with Crippen molar-refractivity contribution in [3.05, 3.63) is 111 Å². The Kier molecular flexibility index (Phi) is 10.8. The monoisotopic (exact) mass is 744 g/mol. The molecule has 0 atom stereocenters. The molecule has 0 saturated heterocycles. The number of rotatable bonds is 13. The Hall–Kier alpha value is -3.42. The van der Waals surface area contributed by atoms with E-state index in [0.717, 1.165) is 30.2 Å². The lowest BCUT2D eigenvalue weighted by Crippen LogP contribution is -2.16. The highest BCUT2D eigenvalue weighted by Gasteiger charge is 2.18. The van der Waals surface area contributed by atoms with Crippen molar-refractivity contribution < 1.29 is 27.9 Å². The van der Waals surface area contributed by atoms with E-state index in [0.29, 0.717) is 29.2 Å². The van der Waals surface area contributed by atoms with E-state index < -0.39 is 28.3 Å². The molecule has 0 bridgehead atoms. The van der Waals surface area contributed by atoms with Gasteiger partial charge in [0.05, 0.1) is 37.9 Å². The number of fused-ring (bicyclic) bond motifs is 1. The molecule has 5 aromatic rings. The number of sulfone groups is 1. The Morgan fingerprint density at radius 3 is 2.58 bits per heavy atom. The number of carboxylic acids is 1. The molecular weight excluding hydrogens is 720 g/mol. The van der Waals surface area contributed by atoms with Gasteiger partial charge >= 0.3 is 5.97 Å². The maximum Gasteiger partial charge on any atom is 0.341 e. The van der Waals surface area contributed by atoms with E-state index in [1.807, 2.05) is 30.3 Å². The summed E-state index contributed by atoms with van der Waals surface area (Å²) in [5.41, 5.74) is 2.39. The predicted molar refractivity (Wildman–Crippen MR) is 183 cm³/mol. The number of halogens is 2. The van der Waals surface area contributed by atoms with Crippen LogP contribution < -0.4 is 10.1 Å². The SMILES string of the molecule is O=C(O)COc1ccc(CCCS(=O)(=O)c2ccc(Cl)cc2)cc1NC(=O)c1ccccc1SCc1nc2cc(Br)ccc2s1. The van der Waals surface area contributed by atoms with Crippen LogP contribution in [0.15, 0.2) is 99.2 Å². The summed E-state index contributed by atoms with van der Waals surface area (Å²) in [5.74, 6) is -0.872. The first-order chi connectivity index (χ1) is 21.6. The van der Waals surface area contributed by atoms with Crippen molar-refractivity contribution >= 4 is 88.2 Å². The smallest absolute Gasteiger partial charge is 0.341 e. The van der Waals surface area contributed by atoms with Gasteiger partial charge in [0.1, 0.15) is 10.8 Å². The van der Waals surface area contributed by atoms with Crippen molar-refractivity contribution in [3.8, 4) is 5.75 Å². The van der Waals surface area contributed by atoms with Gasteiger partial charge in [-0.15, -0.1) is 23.1 Å². The van der Waals surface area contributed by atoms with E-state index in [1.165, 1.54) is 36.0 Å². The first kappa shape index (κ1) is 33.0. The Bertz CT molecular complexity index is 1970. The number of nitrogens with one attached hydrogen (secondary N) is 1. The number of thiazole rings is 1. The van der Waals surface area contributed by atoms with Crippen LogP contribution >= 0.6 is 50.6 Å². The number of hydrogen-bond donors (Lipinski definition) is 2. The lowest BCUT2D eigenvalue weighted by Gasteiger charge is -2.15. The fourth-order valence-corrected chi connectivity index (χ4v) is 8.22. The maximum atomic E-state index is 13.5. The Morgan fingerprint density at radius 2 is 1.80 bits per heavy atom. The third kappa shape index (κ3) is 8.86. The van der Waals surface area contributed by atoms with Crippen molar-refractivity contribution in [2.75, 3.05) is 17.7 Å². The number of ether oxygens (including phenoxy) is 1. The van der Waals surface area contributed by atoms with E-state index >= 15 is 0 Å². The van der Waals surface area contributed by atoms with Crippen molar-refractivity contribution in [2.45, 2.75) is 28.4 Å². The number of carbonyl (C=O) groups is 2. The molecule has 0 unspecified atom stereocenters. The minimum atomic E-state index is -3.51. The third-order valence-corrected chi connectivity index (χ3v) is 11.4. The van der Waals surface area contributed by atoms with Crippen molar-refractivity contribution in [1.82, 2.24) is 4.98 Å². The molecule has 1 amide bonds. The molecule has 5 rings (SSSR count). The lowest BCUT2D eigenvalue weighted by atomic mass is 10.1. The molecule has 4 aromatic carbocycles. The van der Waals surface area contributed by atoms with Gasteiger partial charge in [0.25, 0.3) is 5.91 Å². The number of hydrogen-bond acceptors (Lipinski definition) is 8. The maximum absolute atomic E-state index is 13.5. The summed E-state index contributed by atoms with van der Waals surface area (Å²) in [6.45, 7) is -0.591. The highest BCUT2D eigenvalue weighted by molar-refractivity contribution is 9.10. The summed E-state index contributed by atoms with van der Waals surface area (Å²) in [6.07, 6.45) is 0.732. The minimum Gasteiger partial charge on any atom is -0.480 e. The fraction of sp³-hybridized carbons (Fsp3) is 0.156. The largest absolute Gasteiger partial charge is 0.480 e. The Balaban J connectivity index is 1.30. The van der Waals surface area contributed by atoms with Crippen LogP contribution in [-0.2, 0) is 26.8 Å². The normalized spacial score (nSPS) is 11.4. The van der Waals surface area contributed by atoms with Crippen molar-refractivity contribution in [1.29, 1.82) is 0 Å². The number of carboxylic acid groups (broad SMARTS) is 1. The average molecular weight is 746 g/mol. The van der Waals surface area contributed by atoms with Gasteiger partial charge in [-0.3, -0.25) is 4.79 Å². The molecule has 232 valence electrons. The number of carbonyl (C=O) groups excluding carboxylic acids is 1. The van der Waals surface area contributed by atoms with E-state index in [9.17, 15) is 18.0 Å². The Labute approximate surface area is 281 Å². The summed E-state index contributed by atoms with van der Waals surface area (Å²) < 4.78 is 33.0. The fourth-order valence-electron chi connectivity index (χ4n) is 4.44. The van der Waals surface area contributed by atoms with Crippen LogP contribution in [0.5, 0.6) is 5.75 Å². The number of aliphatic carboxylic acids is 1. The highest BCUT2D eigenvalue weighted by atomic mass is 79.9. The average Bonchev–Trinajstić information content (AvgIpc) is 3.42. The topological polar surface area (TPSA) is 123 Å². The summed E-state index contributed by atoms with van der Waals surface area (Å²) in [7, 11) is -3.51. The number of anilines is 1. The van der Waals surface area contributed by atoms with Gasteiger partial charge in [0.2, 0.25) is 0 Å². The number of benzene rings is 4. The van der Waals surface area contributed by atoms with Crippen molar-refractivity contribution in [3.63, 3.8) is 0 Å².